The Labute approximate surface area is 144 Å². The largest absolute Gasteiger partial charge is 0.493 e. The highest BCUT2D eigenvalue weighted by Gasteiger charge is 2.16. The summed E-state index contributed by atoms with van der Waals surface area (Å²) >= 11 is 1.08. The van der Waals surface area contributed by atoms with Gasteiger partial charge in [0.05, 0.1) is 19.4 Å². The molecule has 0 atom stereocenters. The average molecular weight is 346 g/mol. The number of amides is 1. The molecule has 1 aromatic heterocycles. The predicted octanol–water partition coefficient (Wildman–Crippen LogP) is 3.29. The van der Waals surface area contributed by atoms with Gasteiger partial charge in [0, 0.05) is 11.6 Å². The van der Waals surface area contributed by atoms with Crippen LogP contribution < -0.4 is 10.1 Å². The number of anilines is 1. The van der Waals surface area contributed by atoms with Crippen LogP contribution in [0.15, 0.2) is 30.3 Å². The van der Waals surface area contributed by atoms with E-state index in [4.69, 9.17) is 4.74 Å². The Morgan fingerprint density at radius 1 is 1.33 bits per heavy atom. The molecular weight excluding hydrogens is 328 g/mol. The fourth-order valence-corrected chi connectivity index (χ4v) is 2.84. The Bertz CT molecular complexity index is 768. The number of aryl methyl sites for hydroxylation is 1. The van der Waals surface area contributed by atoms with Crippen molar-refractivity contribution in [3.05, 3.63) is 46.5 Å². The zero-order valence-corrected chi connectivity index (χ0v) is 14.5. The molecule has 0 unspecified atom stereocenters. The maximum absolute atomic E-state index is 12.0. The quantitative estimate of drug-likeness (QED) is 0.641. The van der Waals surface area contributed by atoms with Crippen molar-refractivity contribution in [1.82, 2.24) is 4.98 Å². The molecule has 0 saturated heterocycles. The van der Waals surface area contributed by atoms with Crippen LogP contribution in [0.25, 0.3) is 6.08 Å². The van der Waals surface area contributed by atoms with Crippen molar-refractivity contribution in [3.63, 3.8) is 0 Å². The van der Waals surface area contributed by atoms with Crippen LogP contribution in [0.3, 0.4) is 0 Å². The molecule has 0 bridgehead atoms. The Kier molecular flexibility index (Phi) is 6.08. The summed E-state index contributed by atoms with van der Waals surface area (Å²) < 4.78 is 10.2. The lowest BCUT2D eigenvalue weighted by atomic mass is 10.2. The normalized spacial score (nSPS) is 10.6. The van der Waals surface area contributed by atoms with Crippen LogP contribution in [0.1, 0.15) is 27.9 Å². The standard InChI is InChI=1S/C17H18N2O4S/c1-4-23-13-8-6-5-7-12(13)9-10-14(20)19-17-18-11(2)15(24-17)16(21)22-3/h5-10H,4H2,1-3H3,(H,18,19,20)/b10-9+. The monoisotopic (exact) mass is 346 g/mol. The molecule has 2 aromatic rings. The topological polar surface area (TPSA) is 77.5 Å². The summed E-state index contributed by atoms with van der Waals surface area (Å²) in [4.78, 5) is 28.1. The number of rotatable bonds is 6. The van der Waals surface area contributed by atoms with E-state index in [9.17, 15) is 9.59 Å². The number of benzene rings is 1. The smallest absolute Gasteiger partial charge is 0.350 e. The predicted molar refractivity (Wildman–Crippen MR) is 93.5 cm³/mol. The molecule has 1 heterocycles. The van der Waals surface area contributed by atoms with Gasteiger partial charge in [-0.1, -0.05) is 29.5 Å². The molecule has 1 N–H and O–H groups in total. The van der Waals surface area contributed by atoms with Gasteiger partial charge in [-0.05, 0) is 26.0 Å². The molecule has 6 nitrogen and oxygen atoms in total. The highest BCUT2D eigenvalue weighted by molar-refractivity contribution is 7.17. The maximum Gasteiger partial charge on any atom is 0.350 e. The Hall–Kier alpha value is -2.67. The molecule has 0 aliphatic rings. The highest BCUT2D eigenvalue weighted by Crippen LogP contribution is 2.23. The first-order valence-electron chi connectivity index (χ1n) is 7.31. The number of nitrogens with zero attached hydrogens (tertiary/aromatic N) is 1. The van der Waals surface area contributed by atoms with E-state index in [0.717, 1.165) is 16.9 Å². The number of hydrogen-bond acceptors (Lipinski definition) is 6. The van der Waals surface area contributed by atoms with Gasteiger partial charge in [0.15, 0.2) is 5.13 Å². The third-order valence-electron chi connectivity index (χ3n) is 3.03. The molecule has 2 rings (SSSR count). The van der Waals surface area contributed by atoms with Gasteiger partial charge in [-0.3, -0.25) is 10.1 Å². The van der Waals surface area contributed by atoms with E-state index in [1.54, 1.807) is 13.0 Å². The van der Waals surface area contributed by atoms with Crippen molar-refractivity contribution in [2.75, 3.05) is 19.0 Å². The summed E-state index contributed by atoms with van der Waals surface area (Å²) in [6.07, 6.45) is 3.06. The number of carbonyl (C=O) groups is 2. The van der Waals surface area contributed by atoms with E-state index < -0.39 is 5.97 Å². The molecule has 0 radical (unpaired) electrons. The van der Waals surface area contributed by atoms with Crippen molar-refractivity contribution < 1.29 is 19.1 Å². The van der Waals surface area contributed by atoms with Gasteiger partial charge in [-0.25, -0.2) is 9.78 Å². The molecule has 7 heteroatoms. The van der Waals surface area contributed by atoms with Crippen molar-refractivity contribution in [2.45, 2.75) is 13.8 Å². The molecule has 0 aliphatic heterocycles. The number of ether oxygens (including phenoxy) is 2. The SMILES string of the molecule is CCOc1ccccc1/C=C/C(=O)Nc1nc(C)c(C(=O)OC)s1. The first-order chi connectivity index (χ1) is 11.5. The molecule has 1 amide bonds. The zero-order chi connectivity index (χ0) is 17.5. The third-order valence-corrected chi connectivity index (χ3v) is 4.08. The molecule has 0 saturated carbocycles. The van der Waals surface area contributed by atoms with Crippen molar-refractivity contribution >= 4 is 34.4 Å². The summed E-state index contributed by atoms with van der Waals surface area (Å²) in [5.74, 6) is -0.0970. The van der Waals surface area contributed by atoms with Crippen LogP contribution in [0.2, 0.25) is 0 Å². The van der Waals surface area contributed by atoms with Crippen molar-refractivity contribution in [1.29, 1.82) is 0 Å². The van der Waals surface area contributed by atoms with E-state index >= 15 is 0 Å². The minimum Gasteiger partial charge on any atom is -0.493 e. The second-order valence-electron chi connectivity index (χ2n) is 4.72. The van der Waals surface area contributed by atoms with E-state index in [0.29, 0.717) is 28.1 Å². The van der Waals surface area contributed by atoms with Gasteiger partial charge >= 0.3 is 5.97 Å². The van der Waals surface area contributed by atoms with Crippen molar-refractivity contribution in [2.24, 2.45) is 0 Å². The molecule has 0 spiro atoms. The van der Waals surface area contributed by atoms with Gasteiger partial charge in [-0.2, -0.15) is 0 Å². The van der Waals surface area contributed by atoms with E-state index in [1.165, 1.54) is 13.2 Å². The summed E-state index contributed by atoms with van der Waals surface area (Å²) in [6.45, 7) is 4.13. The third kappa shape index (κ3) is 4.42. The van der Waals surface area contributed by atoms with Crippen LogP contribution in [0.5, 0.6) is 5.75 Å². The Morgan fingerprint density at radius 3 is 2.79 bits per heavy atom. The summed E-state index contributed by atoms with van der Waals surface area (Å²) in [7, 11) is 1.30. The van der Waals surface area contributed by atoms with Gasteiger partial charge in [0.25, 0.3) is 0 Å². The second kappa shape index (κ2) is 8.26. The average Bonchev–Trinajstić information content (AvgIpc) is 2.94. The van der Waals surface area contributed by atoms with Crippen LogP contribution >= 0.6 is 11.3 Å². The zero-order valence-electron chi connectivity index (χ0n) is 13.7. The lowest BCUT2D eigenvalue weighted by Gasteiger charge is -2.06. The maximum atomic E-state index is 12.0. The number of thiazole rings is 1. The van der Waals surface area contributed by atoms with Crippen LogP contribution in [0, 0.1) is 6.92 Å². The highest BCUT2D eigenvalue weighted by atomic mass is 32.1. The first kappa shape index (κ1) is 17.7. The fraction of sp³-hybridized carbons (Fsp3) is 0.235. The molecule has 24 heavy (non-hydrogen) atoms. The minimum absolute atomic E-state index is 0.341. The fourth-order valence-electron chi connectivity index (χ4n) is 1.95. The number of para-hydroxylation sites is 1. The summed E-state index contributed by atoms with van der Waals surface area (Å²) in [5, 5.41) is 2.98. The van der Waals surface area contributed by atoms with E-state index in [2.05, 4.69) is 15.0 Å². The summed E-state index contributed by atoms with van der Waals surface area (Å²) in [6, 6.07) is 7.44. The van der Waals surface area contributed by atoms with Gasteiger partial charge < -0.3 is 9.47 Å². The molecule has 0 aliphatic carbocycles. The van der Waals surface area contributed by atoms with Gasteiger partial charge in [0.2, 0.25) is 5.91 Å². The van der Waals surface area contributed by atoms with Gasteiger partial charge in [0.1, 0.15) is 10.6 Å². The summed E-state index contributed by atoms with van der Waals surface area (Å²) in [5.41, 5.74) is 1.33. The molecule has 1 aromatic carbocycles. The van der Waals surface area contributed by atoms with E-state index in [1.807, 2.05) is 31.2 Å². The van der Waals surface area contributed by atoms with Crippen LogP contribution in [-0.2, 0) is 9.53 Å². The molecule has 126 valence electrons. The van der Waals surface area contributed by atoms with Gasteiger partial charge in [-0.15, -0.1) is 0 Å². The van der Waals surface area contributed by atoms with Crippen LogP contribution in [0.4, 0.5) is 5.13 Å². The minimum atomic E-state index is -0.466. The second-order valence-corrected chi connectivity index (χ2v) is 5.72. The first-order valence-corrected chi connectivity index (χ1v) is 8.13. The lowest BCUT2D eigenvalue weighted by Crippen LogP contribution is -2.07. The number of hydrogen-bond donors (Lipinski definition) is 1. The number of aromatic nitrogens is 1. The number of nitrogens with one attached hydrogen (secondary N) is 1. The molecule has 0 fully saturated rings. The Balaban J connectivity index is 2.07. The van der Waals surface area contributed by atoms with Crippen LogP contribution in [-0.4, -0.2) is 30.6 Å². The number of esters is 1. The van der Waals surface area contributed by atoms with E-state index in [-0.39, 0.29) is 5.91 Å². The van der Waals surface area contributed by atoms with Crippen molar-refractivity contribution in [3.8, 4) is 5.75 Å². The lowest BCUT2D eigenvalue weighted by molar-refractivity contribution is -0.111. The molecular formula is C17H18N2O4S. The number of carbonyl (C=O) groups excluding carboxylic acids is 2. The Morgan fingerprint density at radius 2 is 2.08 bits per heavy atom. The number of methoxy groups -OCH3 is 1.